The van der Waals surface area contributed by atoms with Gasteiger partial charge in [-0.25, -0.2) is 9.18 Å². The van der Waals surface area contributed by atoms with Crippen molar-refractivity contribution in [3.63, 3.8) is 0 Å². The molecule has 1 aromatic rings. The molecule has 1 atom stereocenters. The predicted molar refractivity (Wildman–Crippen MR) is 79.1 cm³/mol. The number of benzene rings is 1. The Morgan fingerprint density at radius 2 is 2.14 bits per heavy atom. The molecule has 2 aliphatic rings. The normalized spacial score (nSPS) is 23.6. The van der Waals surface area contributed by atoms with Crippen LogP contribution in [0.25, 0.3) is 0 Å². The average Bonchev–Trinajstić information content (AvgIpc) is 2.92. The van der Waals surface area contributed by atoms with E-state index in [0.717, 1.165) is 5.56 Å². The number of ether oxygens (including phenoxy) is 1. The molecule has 0 aromatic heterocycles. The van der Waals surface area contributed by atoms with Gasteiger partial charge in [0.1, 0.15) is 11.4 Å². The van der Waals surface area contributed by atoms with Crippen LogP contribution in [0.1, 0.15) is 32.8 Å². The van der Waals surface area contributed by atoms with Gasteiger partial charge in [-0.2, -0.15) is 0 Å². The first-order valence-electron chi connectivity index (χ1n) is 7.31. The van der Waals surface area contributed by atoms with E-state index in [1.807, 2.05) is 0 Å². The Kier molecular flexibility index (Phi) is 3.16. The molecule has 1 aromatic carbocycles. The first-order valence-corrected chi connectivity index (χ1v) is 7.31. The zero-order chi connectivity index (χ0) is 16.1. The van der Waals surface area contributed by atoms with Crippen molar-refractivity contribution < 1.29 is 18.7 Å². The topological polar surface area (TPSA) is 58.6 Å². The standard InChI is InChI=1S/C16H19FN2O3/c1-15(2,3)22-14(21)19-7-6-16(9-19)11-5-4-10(17)8-12(11)18-13(16)20/h4-5,8H,6-7,9H2,1-3H3,(H,18,20). The lowest BCUT2D eigenvalue weighted by Crippen LogP contribution is -2.41. The number of fused-ring (bicyclic) bond motifs is 2. The molecule has 2 amide bonds. The number of nitrogens with zero attached hydrogens (tertiary/aromatic N) is 1. The number of nitrogens with one attached hydrogen (secondary N) is 1. The lowest BCUT2D eigenvalue weighted by Gasteiger charge is -2.26. The van der Waals surface area contributed by atoms with E-state index in [0.29, 0.717) is 18.7 Å². The number of carbonyl (C=O) groups excluding carboxylic acids is 2. The number of halogens is 1. The highest BCUT2D eigenvalue weighted by atomic mass is 19.1. The third kappa shape index (κ3) is 2.32. The molecule has 1 fully saturated rings. The van der Waals surface area contributed by atoms with Gasteiger partial charge in [-0.1, -0.05) is 6.07 Å². The third-order valence-electron chi connectivity index (χ3n) is 4.10. The van der Waals surface area contributed by atoms with Crippen molar-refractivity contribution in [3.05, 3.63) is 29.6 Å². The summed E-state index contributed by atoms with van der Waals surface area (Å²) in [4.78, 5) is 26.1. The van der Waals surface area contributed by atoms with Crippen LogP contribution >= 0.6 is 0 Å². The molecule has 0 saturated carbocycles. The third-order valence-corrected chi connectivity index (χ3v) is 4.10. The zero-order valence-electron chi connectivity index (χ0n) is 12.9. The quantitative estimate of drug-likeness (QED) is 0.801. The number of carbonyl (C=O) groups is 2. The Morgan fingerprint density at radius 1 is 1.41 bits per heavy atom. The first kappa shape index (κ1) is 14.8. The van der Waals surface area contributed by atoms with Crippen molar-refractivity contribution in [1.82, 2.24) is 4.90 Å². The van der Waals surface area contributed by atoms with Crippen molar-refractivity contribution in [2.24, 2.45) is 0 Å². The van der Waals surface area contributed by atoms with Crippen LogP contribution in [0, 0.1) is 5.82 Å². The maximum atomic E-state index is 13.3. The molecular weight excluding hydrogens is 287 g/mol. The lowest BCUT2D eigenvalue weighted by molar-refractivity contribution is -0.120. The van der Waals surface area contributed by atoms with Gasteiger partial charge in [0, 0.05) is 18.8 Å². The molecule has 1 spiro atoms. The summed E-state index contributed by atoms with van der Waals surface area (Å²) in [5.41, 5.74) is -0.118. The molecule has 118 valence electrons. The van der Waals surface area contributed by atoms with Gasteiger partial charge in [0.15, 0.2) is 0 Å². The minimum Gasteiger partial charge on any atom is -0.444 e. The van der Waals surface area contributed by atoms with Gasteiger partial charge in [0.2, 0.25) is 5.91 Å². The highest BCUT2D eigenvalue weighted by Crippen LogP contribution is 2.44. The predicted octanol–water partition coefficient (Wildman–Crippen LogP) is 2.66. The van der Waals surface area contributed by atoms with Crippen LogP contribution in [-0.4, -0.2) is 35.6 Å². The second-order valence-electron chi connectivity index (χ2n) is 6.88. The second-order valence-corrected chi connectivity index (χ2v) is 6.88. The minimum absolute atomic E-state index is 0.181. The van der Waals surface area contributed by atoms with Crippen LogP contribution < -0.4 is 5.32 Å². The number of likely N-dealkylation sites (tertiary alicyclic amines) is 1. The summed E-state index contributed by atoms with van der Waals surface area (Å²) in [5.74, 6) is -0.572. The molecule has 2 heterocycles. The number of hydrogen-bond donors (Lipinski definition) is 1. The van der Waals surface area contributed by atoms with E-state index in [9.17, 15) is 14.0 Å². The summed E-state index contributed by atoms with van der Waals surface area (Å²) in [5, 5.41) is 2.72. The molecule has 0 aliphatic carbocycles. The number of anilines is 1. The van der Waals surface area contributed by atoms with Gasteiger partial charge in [0.25, 0.3) is 0 Å². The molecule has 2 aliphatic heterocycles. The van der Waals surface area contributed by atoms with Gasteiger partial charge in [0.05, 0.1) is 5.41 Å². The number of hydrogen-bond acceptors (Lipinski definition) is 3. The first-order chi connectivity index (χ1) is 10.2. The van der Waals surface area contributed by atoms with E-state index >= 15 is 0 Å². The number of rotatable bonds is 0. The van der Waals surface area contributed by atoms with Gasteiger partial charge >= 0.3 is 6.09 Å². The molecule has 1 unspecified atom stereocenters. The van der Waals surface area contributed by atoms with E-state index < -0.39 is 22.9 Å². The fourth-order valence-corrected chi connectivity index (χ4v) is 3.10. The molecule has 3 rings (SSSR count). The van der Waals surface area contributed by atoms with Crippen LogP contribution in [0.15, 0.2) is 18.2 Å². The summed E-state index contributed by atoms with van der Waals surface area (Å²) in [6, 6.07) is 4.29. The summed E-state index contributed by atoms with van der Waals surface area (Å²) < 4.78 is 18.7. The van der Waals surface area contributed by atoms with Gasteiger partial charge in [-0.05, 0) is 44.9 Å². The summed E-state index contributed by atoms with van der Waals surface area (Å²) in [6.45, 7) is 6.11. The van der Waals surface area contributed by atoms with Crippen LogP contribution in [0.5, 0.6) is 0 Å². The Bertz CT molecular complexity index is 653. The Labute approximate surface area is 128 Å². The van der Waals surface area contributed by atoms with Crippen LogP contribution in [0.3, 0.4) is 0 Å². The maximum Gasteiger partial charge on any atom is 0.410 e. The Morgan fingerprint density at radius 3 is 2.82 bits per heavy atom. The second kappa shape index (κ2) is 4.69. The van der Waals surface area contributed by atoms with Crippen molar-refractivity contribution in [2.75, 3.05) is 18.4 Å². The van der Waals surface area contributed by atoms with Crippen LogP contribution in [0.4, 0.5) is 14.9 Å². The molecular formula is C16H19FN2O3. The van der Waals surface area contributed by atoms with E-state index in [2.05, 4.69) is 5.32 Å². The largest absolute Gasteiger partial charge is 0.444 e. The fourth-order valence-electron chi connectivity index (χ4n) is 3.10. The summed E-state index contributed by atoms with van der Waals surface area (Å²) >= 11 is 0. The fraction of sp³-hybridized carbons (Fsp3) is 0.500. The monoisotopic (exact) mass is 306 g/mol. The summed E-state index contributed by atoms with van der Waals surface area (Å²) in [6.07, 6.45) is 0.0872. The molecule has 0 radical (unpaired) electrons. The Balaban J connectivity index is 1.85. The molecule has 1 N–H and O–H groups in total. The van der Waals surface area contributed by atoms with Gasteiger partial charge < -0.3 is 15.0 Å². The SMILES string of the molecule is CC(C)(C)OC(=O)N1CCC2(C1)C(=O)Nc1cc(F)ccc12. The van der Waals surface area contributed by atoms with Crippen LogP contribution in [0.2, 0.25) is 0 Å². The van der Waals surface area contributed by atoms with Crippen molar-refractivity contribution in [1.29, 1.82) is 0 Å². The summed E-state index contributed by atoms with van der Waals surface area (Å²) in [7, 11) is 0. The highest BCUT2D eigenvalue weighted by Gasteiger charge is 2.52. The molecule has 5 nitrogen and oxygen atoms in total. The highest BCUT2D eigenvalue weighted by molar-refractivity contribution is 6.07. The molecule has 1 saturated heterocycles. The Hall–Kier alpha value is -2.11. The molecule has 0 bridgehead atoms. The minimum atomic E-state index is -0.792. The maximum absolute atomic E-state index is 13.3. The number of amides is 2. The van der Waals surface area contributed by atoms with E-state index in [4.69, 9.17) is 4.74 Å². The van der Waals surface area contributed by atoms with E-state index in [1.165, 1.54) is 12.1 Å². The average molecular weight is 306 g/mol. The molecule has 6 heteroatoms. The van der Waals surface area contributed by atoms with Gasteiger partial charge in [-0.3, -0.25) is 4.79 Å². The van der Waals surface area contributed by atoms with E-state index in [1.54, 1.807) is 31.7 Å². The smallest absolute Gasteiger partial charge is 0.410 e. The van der Waals surface area contributed by atoms with Crippen LogP contribution in [-0.2, 0) is 14.9 Å². The van der Waals surface area contributed by atoms with Crippen molar-refractivity contribution in [3.8, 4) is 0 Å². The lowest BCUT2D eigenvalue weighted by atomic mass is 9.81. The zero-order valence-corrected chi connectivity index (χ0v) is 12.9. The van der Waals surface area contributed by atoms with Gasteiger partial charge in [-0.15, -0.1) is 0 Å². The van der Waals surface area contributed by atoms with E-state index in [-0.39, 0.29) is 12.5 Å². The van der Waals surface area contributed by atoms with Crippen molar-refractivity contribution >= 4 is 17.7 Å². The molecule has 22 heavy (non-hydrogen) atoms. The van der Waals surface area contributed by atoms with Crippen molar-refractivity contribution in [2.45, 2.75) is 38.2 Å².